The molecule has 0 spiro atoms. The van der Waals surface area contributed by atoms with E-state index in [0.717, 1.165) is 22.6 Å². The van der Waals surface area contributed by atoms with Gasteiger partial charge in [0.25, 0.3) is 0 Å². The maximum Gasteiger partial charge on any atom is 0.181 e. The van der Waals surface area contributed by atoms with Crippen LogP contribution in [0.5, 0.6) is 0 Å². The molecule has 2 aromatic carbocycles. The third-order valence-electron chi connectivity index (χ3n) is 3.63. The average Bonchev–Trinajstić information content (AvgIpc) is 3.10. The van der Waals surface area contributed by atoms with Gasteiger partial charge in [0, 0.05) is 5.56 Å². The van der Waals surface area contributed by atoms with Crippen LogP contribution in [0.3, 0.4) is 0 Å². The molecular weight excluding hydrogens is 279 g/mol. The Bertz CT molecular complexity index is 953. The second-order valence-electron chi connectivity index (χ2n) is 5.10. The number of H-pyrrole nitrogens is 1. The summed E-state index contributed by atoms with van der Waals surface area (Å²) in [7, 11) is 0. The quantitative estimate of drug-likeness (QED) is 0.609. The van der Waals surface area contributed by atoms with E-state index in [1.54, 1.807) is 22.9 Å². The summed E-state index contributed by atoms with van der Waals surface area (Å²) < 4.78 is 15.6. The smallest absolute Gasteiger partial charge is 0.181 e. The van der Waals surface area contributed by atoms with E-state index >= 15 is 0 Å². The molecule has 0 saturated carbocycles. The summed E-state index contributed by atoms with van der Waals surface area (Å²) in [5, 5.41) is 4.40. The minimum Gasteiger partial charge on any atom is -0.335 e. The zero-order valence-corrected chi connectivity index (χ0v) is 11.9. The molecule has 0 unspecified atom stereocenters. The Hall–Kier alpha value is -2.95. The van der Waals surface area contributed by atoms with Crippen LogP contribution in [0.4, 0.5) is 4.39 Å². The second kappa shape index (κ2) is 4.80. The van der Waals surface area contributed by atoms with Gasteiger partial charge >= 0.3 is 0 Å². The van der Waals surface area contributed by atoms with Crippen LogP contribution in [0.15, 0.2) is 54.6 Å². The Labute approximate surface area is 126 Å². The van der Waals surface area contributed by atoms with Gasteiger partial charge in [-0.05, 0) is 19.1 Å². The molecule has 4 nitrogen and oxygen atoms in total. The first-order chi connectivity index (χ1) is 10.7. The summed E-state index contributed by atoms with van der Waals surface area (Å²) in [6.45, 7) is 1.88. The number of nitrogens with one attached hydrogen (secondary N) is 1. The predicted octanol–water partition coefficient (Wildman–Crippen LogP) is 3.86. The predicted molar refractivity (Wildman–Crippen MR) is 83.3 cm³/mol. The first-order valence-electron chi connectivity index (χ1n) is 7.00. The van der Waals surface area contributed by atoms with Gasteiger partial charge in [-0.15, -0.1) is 0 Å². The molecule has 0 saturated heterocycles. The number of nitrogens with zero attached hydrogens (tertiary/aromatic N) is 3. The van der Waals surface area contributed by atoms with E-state index in [4.69, 9.17) is 0 Å². The third kappa shape index (κ3) is 1.90. The largest absolute Gasteiger partial charge is 0.335 e. The molecule has 0 fully saturated rings. The van der Waals surface area contributed by atoms with Crippen LogP contribution in [0, 0.1) is 12.7 Å². The minimum absolute atomic E-state index is 0.323. The van der Waals surface area contributed by atoms with E-state index in [2.05, 4.69) is 15.1 Å². The third-order valence-corrected chi connectivity index (χ3v) is 3.63. The summed E-state index contributed by atoms with van der Waals surface area (Å²) in [6.07, 6.45) is 0. The Morgan fingerprint density at radius 3 is 2.50 bits per heavy atom. The van der Waals surface area contributed by atoms with Gasteiger partial charge in [-0.3, -0.25) is 0 Å². The summed E-state index contributed by atoms with van der Waals surface area (Å²) in [6, 6.07) is 16.4. The van der Waals surface area contributed by atoms with Crippen LogP contribution < -0.4 is 0 Å². The second-order valence-corrected chi connectivity index (χ2v) is 5.10. The lowest BCUT2D eigenvalue weighted by atomic mass is 10.2. The number of aromatic amines is 1. The molecule has 0 radical (unpaired) electrons. The highest BCUT2D eigenvalue weighted by molar-refractivity contribution is 5.80. The van der Waals surface area contributed by atoms with Crippen LogP contribution in [0.2, 0.25) is 0 Å². The van der Waals surface area contributed by atoms with Crippen molar-refractivity contribution in [2.45, 2.75) is 6.92 Å². The summed E-state index contributed by atoms with van der Waals surface area (Å²) in [5.74, 6) is 0.428. The molecule has 2 aromatic heterocycles. The Morgan fingerprint density at radius 2 is 1.73 bits per heavy atom. The number of para-hydroxylation sites is 1. The molecule has 0 aliphatic carbocycles. The van der Waals surface area contributed by atoms with E-state index < -0.39 is 0 Å². The van der Waals surface area contributed by atoms with Gasteiger partial charge in [0.1, 0.15) is 22.8 Å². The molecule has 22 heavy (non-hydrogen) atoms. The van der Waals surface area contributed by atoms with Gasteiger partial charge in [0.15, 0.2) is 5.65 Å². The first kappa shape index (κ1) is 12.8. The fourth-order valence-electron chi connectivity index (χ4n) is 2.54. The van der Waals surface area contributed by atoms with Crippen molar-refractivity contribution in [3.8, 4) is 17.1 Å². The summed E-state index contributed by atoms with van der Waals surface area (Å²) >= 11 is 0. The number of imidazole rings is 1. The highest BCUT2D eigenvalue weighted by atomic mass is 19.1. The molecule has 5 heteroatoms. The molecule has 0 bridgehead atoms. The molecule has 2 heterocycles. The zero-order valence-electron chi connectivity index (χ0n) is 11.9. The Balaban J connectivity index is 1.95. The summed E-state index contributed by atoms with van der Waals surface area (Å²) in [4.78, 5) is 7.87. The van der Waals surface area contributed by atoms with Crippen molar-refractivity contribution in [1.82, 2.24) is 19.7 Å². The van der Waals surface area contributed by atoms with Crippen molar-refractivity contribution in [3.63, 3.8) is 0 Å². The fourth-order valence-corrected chi connectivity index (χ4v) is 2.54. The van der Waals surface area contributed by atoms with Crippen molar-refractivity contribution in [3.05, 3.63) is 66.1 Å². The van der Waals surface area contributed by atoms with Crippen LogP contribution in [-0.2, 0) is 0 Å². The van der Waals surface area contributed by atoms with Crippen molar-refractivity contribution in [2.24, 2.45) is 0 Å². The van der Waals surface area contributed by atoms with Crippen LogP contribution in [0.1, 0.15) is 5.69 Å². The summed E-state index contributed by atoms with van der Waals surface area (Å²) in [5.41, 5.74) is 3.61. The monoisotopic (exact) mass is 292 g/mol. The van der Waals surface area contributed by atoms with Crippen molar-refractivity contribution >= 4 is 11.2 Å². The van der Waals surface area contributed by atoms with Crippen LogP contribution in [-0.4, -0.2) is 19.7 Å². The molecule has 4 aromatic rings. The lowest BCUT2D eigenvalue weighted by Gasteiger charge is -2.02. The van der Waals surface area contributed by atoms with Gasteiger partial charge in [-0.1, -0.05) is 42.5 Å². The lowest BCUT2D eigenvalue weighted by molar-refractivity contribution is 0.612. The molecule has 4 rings (SSSR count). The number of rotatable bonds is 2. The SMILES string of the molecule is Cc1nn(-c2ccccc2F)c2nc(-c3ccccc3)[nH]c12. The van der Waals surface area contributed by atoms with Gasteiger partial charge < -0.3 is 4.98 Å². The average molecular weight is 292 g/mol. The number of aryl methyl sites for hydroxylation is 1. The molecule has 0 aliphatic heterocycles. The van der Waals surface area contributed by atoms with E-state index in [0.29, 0.717) is 11.3 Å². The van der Waals surface area contributed by atoms with Crippen molar-refractivity contribution < 1.29 is 4.39 Å². The molecule has 108 valence electrons. The van der Waals surface area contributed by atoms with Gasteiger partial charge in [-0.2, -0.15) is 5.10 Å². The number of fused-ring (bicyclic) bond motifs is 1. The maximum atomic E-state index is 14.0. The van der Waals surface area contributed by atoms with Gasteiger partial charge in [-0.25, -0.2) is 14.1 Å². The van der Waals surface area contributed by atoms with Gasteiger partial charge in [0.2, 0.25) is 0 Å². The molecule has 0 amide bonds. The van der Waals surface area contributed by atoms with Crippen molar-refractivity contribution in [1.29, 1.82) is 0 Å². The fraction of sp³-hybridized carbons (Fsp3) is 0.0588. The van der Waals surface area contributed by atoms with E-state index in [-0.39, 0.29) is 5.82 Å². The Morgan fingerprint density at radius 1 is 1.00 bits per heavy atom. The molecular formula is C17H13FN4. The Kier molecular flexibility index (Phi) is 2.79. The van der Waals surface area contributed by atoms with E-state index in [9.17, 15) is 4.39 Å². The highest BCUT2D eigenvalue weighted by Gasteiger charge is 2.16. The number of benzene rings is 2. The van der Waals surface area contributed by atoms with Crippen LogP contribution in [0.25, 0.3) is 28.2 Å². The maximum absolute atomic E-state index is 14.0. The number of hydrogen-bond acceptors (Lipinski definition) is 2. The van der Waals surface area contributed by atoms with Gasteiger partial charge in [0.05, 0.1) is 5.69 Å². The molecule has 0 aliphatic rings. The lowest BCUT2D eigenvalue weighted by Crippen LogP contribution is -2.00. The van der Waals surface area contributed by atoms with Crippen molar-refractivity contribution in [2.75, 3.05) is 0 Å². The minimum atomic E-state index is -0.323. The topological polar surface area (TPSA) is 46.5 Å². The van der Waals surface area contributed by atoms with E-state index in [1.807, 2.05) is 37.3 Å². The van der Waals surface area contributed by atoms with Crippen LogP contribution >= 0.6 is 0 Å². The number of hydrogen-bond donors (Lipinski definition) is 1. The zero-order chi connectivity index (χ0) is 15.1. The molecule has 1 N–H and O–H groups in total. The van der Waals surface area contributed by atoms with E-state index in [1.165, 1.54) is 6.07 Å². The normalized spacial score (nSPS) is 11.2. The standard InChI is InChI=1S/C17H13FN4/c1-11-15-17(20-16(19-15)12-7-3-2-4-8-12)22(21-11)14-10-6-5-9-13(14)18/h2-10H,1H3,(H,19,20). The highest BCUT2D eigenvalue weighted by Crippen LogP contribution is 2.25. The molecule has 0 atom stereocenters. The number of aromatic nitrogens is 4. The number of halogens is 1. The first-order valence-corrected chi connectivity index (χ1v) is 7.00.